The van der Waals surface area contributed by atoms with E-state index in [0.29, 0.717) is 11.9 Å². The highest BCUT2D eigenvalue weighted by Gasteiger charge is 2.19. The first kappa shape index (κ1) is 14.3. The second-order valence-electron chi connectivity index (χ2n) is 4.09. The smallest absolute Gasteiger partial charge is 0.327 e. The molecule has 0 aliphatic carbocycles. The van der Waals surface area contributed by atoms with Gasteiger partial charge in [-0.3, -0.25) is 4.79 Å². The molecule has 5 nitrogen and oxygen atoms in total. The van der Waals surface area contributed by atoms with Crippen LogP contribution in [0, 0.1) is 0 Å². The third-order valence-corrected chi connectivity index (χ3v) is 3.66. The number of nitrogens with one attached hydrogen (secondary N) is 1. The zero-order valence-corrected chi connectivity index (χ0v) is 10.8. The zero-order valence-electron chi connectivity index (χ0n) is 9.98. The lowest BCUT2D eigenvalue weighted by Gasteiger charge is -2.13. The number of thioether (sulfide) groups is 1. The Morgan fingerprint density at radius 2 is 2.35 bits per heavy atom. The predicted molar refractivity (Wildman–Crippen MR) is 66.2 cm³/mol. The van der Waals surface area contributed by atoms with Crippen LogP contribution in [-0.2, 0) is 14.3 Å². The molecule has 0 spiro atoms. The molecule has 1 fully saturated rings. The van der Waals surface area contributed by atoms with Gasteiger partial charge >= 0.3 is 5.97 Å². The minimum Gasteiger partial charge on any atom is -0.480 e. The van der Waals surface area contributed by atoms with Gasteiger partial charge in [-0.05, 0) is 25.0 Å². The fourth-order valence-corrected chi connectivity index (χ4v) is 2.77. The number of carboxylic acids is 1. The lowest BCUT2D eigenvalue weighted by Crippen LogP contribution is -2.41. The first-order valence-corrected chi connectivity index (χ1v) is 6.94. The van der Waals surface area contributed by atoms with Crippen LogP contribution in [-0.4, -0.2) is 47.2 Å². The van der Waals surface area contributed by atoms with Crippen LogP contribution in [0.3, 0.4) is 0 Å². The van der Waals surface area contributed by atoms with Gasteiger partial charge in [0.2, 0.25) is 5.91 Å². The summed E-state index contributed by atoms with van der Waals surface area (Å²) in [4.78, 5) is 21.6. The van der Waals surface area contributed by atoms with Gasteiger partial charge in [0, 0.05) is 19.3 Å². The zero-order chi connectivity index (χ0) is 12.7. The molecule has 0 aromatic heterocycles. The summed E-state index contributed by atoms with van der Waals surface area (Å²) in [5.41, 5.74) is 0. The van der Waals surface area contributed by atoms with E-state index in [-0.39, 0.29) is 5.91 Å². The van der Waals surface area contributed by atoms with Crippen molar-refractivity contribution in [2.45, 2.75) is 38.3 Å². The molecule has 6 heteroatoms. The molecule has 0 aromatic rings. The van der Waals surface area contributed by atoms with Crippen molar-refractivity contribution in [2.24, 2.45) is 0 Å². The van der Waals surface area contributed by atoms with Crippen LogP contribution >= 0.6 is 11.8 Å². The normalized spacial score (nSPS) is 21.1. The Kier molecular flexibility index (Phi) is 6.36. The summed E-state index contributed by atoms with van der Waals surface area (Å²) in [6.07, 6.45) is 3.52. The largest absolute Gasteiger partial charge is 0.480 e. The number of rotatable bonds is 7. The second-order valence-corrected chi connectivity index (χ2v) is 5.24. The molecular formula is C11H19NO4S. The van der Waals surface area contributed by atoms with Gasteiger partial charge in [0.05, 0.1) is 6.10 Å². The average Bonchev–Trinajstić information content (AvgIpc) is 2.74. The number of carboxylic acid groups (broad SMARTS) is 1. The molecule has 1 aliphatic heterocycles. The van der Waals surface area contributed by atoms with E-state index in [0.717, 1.165) is 31.6 Å². The molecule has 2 N–H and O–H groups in total. The van der Waals surface area contributed by atoms with Crippen molar-refractivity contribution in [1.29, 1.82) is 0 Å². The van der Waals surface area contributed by atoms with Gasteiger partial charge in [-0.1, -0.05) is 0 Å². The van der Waals surface area contributed by atoms with Crippen LogP contribution < -0.4 is 5.32 Å². The monoisotopic (exact) mass is 261 g/mol. The number of amides is 1. The van der Waals surface area contributed by atoms with Crippen LogP contribution in [0.25, 0.3) is 0 Å². The molecule has 0 radical (unpaired) electrons. The molecule has 0 bridgehead atoms. The summed E-state index contributed by atoms with van der Waals surface area (Å²) in [7, 11) is 0. The van der Waals surface area contributed by atoms with Gasteiger partial charge in [0.25, 0.3) is 0 Å². The number of hydrogen-bond donors (Lipinski definition) is 2. The van der Waals surface area contributed by atoms with Crippen molar-refractivity contribution in [2.75, 3.05) is 18.1 Å². The van der Waals surface area contributed by atoms with Crippen LogP contribution in [0.15, 0.2) is 0 Å². The second kappa shape index (κ2) is 7.55. The maximum atomic E-state index is 10.8. The number of ether oxygens (including phenoxy) is 1. The van der Waals surface area contributed by atoms with Crippen molar-refractivity contribution >= 4 is 23.6 Å². The van der Waals surface area contributed by atoms with Crippen LogP contribution in [0.5, 0.6) is 0 Å². The summed E-state index contributed by atoms with van der Waals surface area (Å²) in [6.45, 7) is 2.17. The van der Waals surface area contributed by atoms with Gasteiger partial charge in [-0.25, -0.2) is 4.79 Å². The first-order valence-electron chi connectivity index (χ1n) is 5.79. The predicted octanol–water partition coefficient (Wildman–Crippen LogP) is 0.878. The number of hydrogen-bond acceptors (Lipinski definition) is 4. The molecular weight excluding hydrogens is 242 g/mol. The highest BCUT2D eigenvalue weighted by atomic mass is 32.2. The Labute approximate surface area is 105 Å². The Morgan fingerprint density at radius 1 is 1.59 bits per heavy atom. The Hall–Kier alpha value is -0.750. The molecule has 0 aromatic carbocycles. The highest BCUT2D eigenvalue weighted by molar-refractivity contribution is 7.99. The SMILES string of the molecule is CC(=O)NC(CSCCC1CCCO1)C(=O)O. The fourth-order valence-electron chi connectivity index (χ4n) is 1.71. The molecule has 0 saturated carbocycles. The number of carbonyl (C=O) groups is 2. The van der Waals surface area contributed by atoms with Crippen molar-refractivity contribution in [3.63, 3.8) is 0 Å². The molecule has 1 rings (SSSR count). The van der Waals surface area contributed by atoms with E-state index in [1.54, 1.807) is 11.8 Å². The van der Waals surface area contributed by atoms with E-state index < -0.39 is 12.0 Å². The molecule has 2 unspecified atom stereocenters. The van der Waals surface area contributed by atoms with Crippen molar-refractivity contribution in [1.82, 2.24) is 5.32 Å². The summed E-state index contributed by atoms with van der Waals surface area (Å²) in [6, 6.07) is -0.790. The van der Waals surface area contributed by atoms with E-state index in [1.165, 1.54) is 6.92 Å². The number of aliphatic carboxylic acids is 1. The lowest BCUT2D eigenvalue weighted by molar-refractivity contribution is -0.140. The molecule has 1 heterocycles. The third kappa shape index (κ3) is 5.93. The quantitative estimate of drug-likeness (QED) is 0.665. The molecule has 1 saturated heterocycles. The standard InChI is InChI=1S/C11H19NO4S/c1-8(13)12-10(11(14)15)7-17-6-4-9-3-2-5-16-9/h9-10H,2-7H2,1H3,(H,12,13)(H,14,15). The van der Waals surface area contributed by atoms with E-state index >= 15 is 0 Å². The minimum absolute atomic E-state index is 0.308. The summed E-state index contributed by atoms with van der Waals surface area (Å²) in [5.74, 6) is -0.0164. The maximum Gasteiger partial charge on any atom is 0.327 e. The van der Waals surface area contributed by atoms with Crippen molar-refractivity contribution in [3.05, 3.63) is 0 Å². The number of carbonyl (C=O) groups excluding carboxylic acids is 1. The van der Waals surface area contributed by atoms with Crippen LogP contribution in [0.4, 0.5) is 0 Å². The molecule has 1 amide bonds. The van der Waals surface area contributed by atoms with E-state index in [9.17, 15) is 9.59 Å². The summed E-state index contributed by atoms with van der Waals surface area (Å²) < 4.78 is 5.47. The molecule has 1 aliphatic rings. The maximum absolute atomic E-state index is 10.8. The average molecular weight is 261 g/mol. The first-order chi connectivity index (χ1) is 8.09. The van der Waals surface area contributed by atoms with Gasteiger partial charge in [-0.2, -0.15) is 11.8 Å². The van der Waals surface area contributed by atoms with Crippen LogP contribution in [0.1, 0.15) is 26.2 Å². The van der Waals surface area contributed by atoms with Gasteiger partial charge in [0.1, 0.15) is 6.04 Å². The van der Waals surface area contributed by atoms with Gasteiger partial charge in [-0.15, -0.1) is 0 Å². The van der Waals surface area contributed by atoms with E-state index in [4.69, 9.17) is 9.84 Å². The topological polar surface area (TPSA) is 75.6 Å². The highest BCUT2D eigenvalue weighted by Crippen LogP contribution is 2.18. The third-order valence-electron chi connectivity index (χ3n) is 2.57. The van der Waals surface area contributed by atoms with Crippen molar-refractivity contribution in [3.8, 4) is 0 Å². The summed E-state index contributed by atoms with van der Waals surface area (Å²) in [5, 5.41) is 11.3. The van der Waals surface area contributed by atoms with Gasteiger partial charge < -0.3 is 15.2 Å². The Bertz CT molecular complexity index is 266. The fraction of sp³-hybridized carbons (Fsp3) is 0.818. The van der Waals surface area contributed by atoms with Crippen LogP contribution in [0.2, 0.25) is 0 Å². The Morgan fingerprint density at radius 3 is 2.88 bits per heavy atom. The van der Waals surface area contributed by atoms with E-state index in [2.05, 4.69) is 5.32 Å². The molecule has 2 atom stereocenters. The molecule has 17 heavy (non-hydrogen) atoms. The van der Waals surface area contributed by atoms with E-state index in [1.807, 2.05) is 0 Å². The van der Waals surface area contributed by atoms with Gasteiger partial charge in [0.15, 0.2) is 0 Å². The Balaban J connectivity index is 2.13. The summed E-state index contributed by atoms with van der Waals surface area (Å²) >= 11 is 1.54. The molecule has 98 valence electrons. The lowest BCUT2D eigenvalue weighted by atomic mass is 10.2. The minimum atomic E-state index is -0.982. The van der Waals surface area contributed by atoms with Crippen molar-refractivity contribution < 1.29 is 19.4 Å².